The first-order valence-electron chi connectivity index (χ1n) is 6.80. The first-order chi connectivity index (χ1) is 9.08. The molecule has 4 heteroatoms. The Labute approximate surface area is 114 Å². The maximum atomic E-state index is 12.2. The van der Waals surface area contributed by atoms with Gasteiger partial charge in [-0.05, 0) is 49.8 Å². The van der Waals surface area contributed by atoms with E-state index in [0.717, 1.165) is 37.2 Å². The van der Waals surface area contributed by atoms with Crippen LogP contribution in [0.1, 0.15) is 34.3 Å². The molecule has 1 aromatic carbocycles. The molecule has 1 atom stereocenters. The predicted molar refractivity (Wildman–Crippen MR) is 76.2 cm³/mol. The summed E-state index contributed by atoms with van der Waals surface area (Å²) in [4.78, 5) is 12.2. The third-order valence-electron chi connectivity index (χ3n) is 3.66. The Morgan fingerprint density at radius 2 is 2.21 bits per heavy atom. The third-order valence-corrected chi connectivity index (χ3v) is 3.66. The fourth-order valence-electron chi connectivity index (χ4n) is 2.41. The van der Waals surface area contributed by atoms with E-state index in [9.17, 15) is 4.79 Å². The van der Waals surface area contributed by atoms with Crippen molar-refractivity contribution in [3.8, 4) is 0 Å². The number of hydrogen-bond donors (Lipinski definition) is 2. The number of carbonyl (C=O) groups excluding carboxylic acids is 1. The van der Waals surface area contributed by atoms with Crippen molar-refractivity contribution in [2.75, 3.05) is 25.5 Å². The summed E-state index contributed by atoms with van der Waals surface area (Å²) in [5.74, 6) is 0.385. The minimum atomic E-state index is -0.0465. The summed E-state index contributed by atoms with van der Waals surface area (Å²) in [7, 11) is 0. The maximum Gasteiger partial charge on any atom is 0.251 e. The molecular formula is C15H22N2O2. The largest absolute Gasteiger partial charge is 0.398 e. The van der Waals surface area contributed by atoms with Crippen molar-refractivity contribution in [3.63, 3.8) is 0 Å². The van der Waals surface area contributed by atoms with E-state index in [2.05, 4.69) is 5.32 Å². The summed E-state index contributed by atoms with van der Waals surface area (Å²) in [6, 6.07) is 3.71. The molecule has 0 saturated carbocycles. The van der Waals surface area contributed by atoms with E-state index < -0.39 is 0 Å². The molecule has 2 rings (SSSR count). The van der Waals surface area contributed by atoms with Crippen LogP contribution in [-0.2, 0) is 4.74 Å². The highest BCUT2D eigenvalue weighted by Gasteiger charge is 2.16. The van der Waals surface area contributed by atoms with Gasteiger partial charge in [0.25, 0.3) is 5.91 Å². The van der Waals surface area contributed by atoms with E-state index in [-0.39, 0.29) is 5.91 Å². The number of amides is 1. The van der Waals surface area contributed by atoms with Crippen LogP contribution in [0, 0.1) is 19.8 Å². The van der Waals surface area contributed by atoms with E-state index in [1.807, 2.05) is 19.9 Å². The predicted octanol–water partition coefficient (Wildman–Crippen LogP) is 2.04. The van der Waals surface area contributed by atoms with Gasteiger partial charge in [0.1, 0.15) is 0 Å². The molecule has 1 unspecified atom stereocenters. The van der Waals surface area contributed by atoms with Crippen molar-refractivity contribution < 1.29 is 9.53 Å². The van der Waals surface area contributed by atoms with Gasteiger partial charge in [0.2, 0.25) is 0 Å². The summed E-state index contributed by atoms with van der Waals surface area (Å²) in [6.45, 7) is 6.15. The molecule has 1 saturated heterocycles. The molecule has 1 aromatic rings. The molecule has 0 aliphatic carbocycles. The average molecular weight is 262 g/mol. The molecule has 104 valence electrons. The van der Waals surface area contributed by atoms with Gasteiger partial charge < -0.3 is 15.8 Å². The molecule has 0 radical (unpaired) electrons. The second-order valence-electron chi connectivity index (χ2n) is 5.32. The van der Waals surface area contributed by atoms with Gasteiger partial charge in [-0.2, -0.15) is 0 Å². The van der Waals surface area contributed by atoms with Crippen LogP contribution in [0.25, 0.3) is 0 Å². The van der Waals surface area contributed by atoms with E-state index in [4.69, 9.17) is 10.5 Å². The Hall–Kier alpha value is -1.55. The van der Waals surface area contributed by atoms with Crippen LogP contribution in [0.3, 0.4) is 0 Å². The zero-order chi connectivity index (χ0) is 13.8. The quantitative estimate of drug-likeness (QED) is 0.819. The summed E-state index contributed by atoms with van der Waals surface area (Å²) in [5.41, 5.74) is 9.17. The molecule has 1 aliphatic rings. The number of carbonyl (C=O) groups is 1. The number of anilines is 1. The Bertz CT molecular complexity index is 465. The molecule has 0 bridgehead atoms. The SMILES string of the molecule is Cc1cc(C)c(C(=O)NCC2CCCOC2)cc1N. The second kappa shape index (κ2) is 6.06. The number of benzene rings is 1. The fourth-order valence-corrected chi connectivity index (χ4v) is 2.41. The monoisotopic (exact) mass is 262 g/mol. The minimum Gasteiger partial charge on any atom is -0.398 e. The summed E-state index contributed by atoms with van der Waals surface area (Å²) >= 11 is 0. The highest BCUT2D eigenvalue weighted by Crippen LogP contribution is 2.18. The minimum absolute atomic E-state index is 0.0465. The Morgan fingerprint density at radius 3 is 2.89 bits per heavy atom. The summed E-state index contributed by atoms with van der Waals surface area (Å²) < 4.78 is 5.41. The van der Waals surface area contributed by atoms with Crippen LogP contribution in [0.4, 0.5) is 5.69 Å². The van der Waals surface area contributed by atoms with E-state index in [0.29, 0.717) is 23.7 Å². The molecule has 4 nitrogen and oxygen atoms in total. The molecule has 0 spiro atoms. The van der Waals surface area contributed by atoms with Gasteiger partial charge >= 0.3 is 0 Å². The lowest BCUT2D eigenvalue weighted by atomic mass is 10.0. The molecule has 0 aromatic heterocycles. The van der Waals surface area contributed by atoms with Crippen LogP contribution in [0.15, 0.2) is 12.1 Å². The Kier molecular flexibility index (Phi) is 4.43. The molecule has 1 amide bonds. The van der Waals surface area contributed by atoms with Crippen molar-refractivity contribution in [1.82, 2.24) is 5.32 Å². The van der Waals surface area contributed by atoms with Gasteiger partial charge in [-0.1, -0.05) is 6.07 Å². The number of ether oxygens (including phenoxy) is 1. The lowest BCUT2D eigenvalue weighted by Gasteiger charge is -2.22. The van der Waals surface area contributed by atoms with Crippen LogP contribution in [0.5, 0.6) is 0 Å². The average Bonchev–Trinajstić information content (AvgIpc) is 2.41. The third kappa shape index (κ3) is 3.47. The Morgan fingerprint density at radius 1 is 1.42 bits per heavy atom. The zero-order valence-corrected chi connectivity index (χ0v) is 11.7. The van der Waals surface area contributed by atoms with Crippen molar-refractivity contribution in [3.05, 3.63) is 28.8 Å². The summed E-state index contributed by atoms with van der Waals surface area (Å²) in [5, 5.41) is 2.98. The molecule has 3 N–H and O–H groups in total. The van der Waals surface area contributed by atoms with E-state index >= 15 is 0 Å². The molecule has 19 heavy (non-hydrogen) atoms. The first-order valence-corrected chi connectivity index (χ1v) is 6.80. The highest BCUT2D eigenvalue weighted by atomic mass is 16.5. The van der Waals surface area contributed by atoms with E-state index in [1.54, 1.807) is 6.07 Å². The van der Waals surface area contributed by atoms with Crippen LogP contribution < -0.4 is 11.1 Å². The first kappa shape index (κ1) is 13.9. The molecule has 1 fully saturated rings. The van der Waals surface area contributed by atoms with Crippen molar-refractivity contribution >= 4 is 11.6 Å². The van der Waals surface area contributed by atoms with Gasteiger partial charge in [-0.25, -0.2) is 0 Å². The maximum absolute atomic E-state index is 12.2. The highest BCUT2D eigenvalue weighted by molar-refractivity contribution is 5.96. The Balaban J connectivity index is 1.97. The topological polar surface area (TPSA) is 64.3 Å². The standard InChI is InChI=1S/C15H22N2O2/c1-10-6-11(2)14(16)7-13(10)15(18)17-8-12-4-3-5-19-9-12/h6-7,12H,3-5,8-9,16H2,1-2H3,(H,17,18). The van der Waals surface area contributed by atoms with Gasteiger partial charge in [0.15, 0.2) is 0 Å². The van der Waals surface area contributed by atoms with Crippen molar-refractivity contribution in [2.24, 2.45) is 5.92 Å². The number of hydrogen-bond acceptors (Lipinski definition) is 3. The second-order valence-corrected chi connectivity index (χ2v) is 5.32. The smallest absolute Gasteiger partial charge is 0.251 e. The van der Waals surface area contributed by atoms with Gasteiger partial charge in [0, 0.05) is 24.4 Å². The lowest BCUT2D eigenvalue weighted by Crippen LogP contribution is -2.33. The lowest BCUT2D eigenvalue weighted by molar-refractivity contribution is 0.0536. The molecule has 1 heterocycles. The number of rotatable bonds is 3. The number of aryl methyl sites for hydroxylation is 2. The zero-order valence-electron chi connectivity index (χ0n) is 11.7. The van der Waals surface area contributed by atoms with Crippen LogP contribution >= 0.6 is 0 Å². The number of nitrogens with two attached hydrogens (primary N) is 1. The van der Waals surface area contributed by atoms with E-state index in [1.165, 1.54) is 0 Å². The number of nitrogen functional groups attached to an aromatic ring is 1. The number of nitrogens with one attached hydrogen (secondary N) is 1. The normalized spacial score (nSPS) is 19.2. The van der Waals surface area contributed by atoms with Crippen LogP contribution in [0.2, 0.25) is 0 Å². The van der Waals surface area contributed by atoms with Gasteiger partial charge in [-0.15, -0.1) is 0 Å². The van der Waals surface area contributed by atoms with Crippen LogP contribution in [-0.4, -0.2) is 25.7 Å². The van der Waals surface area contributed by atoms with Gasteiger partial charge in [-0.3, -0.25) is 4.79 Å². The fraction of sp³-hybridized carbons (Fsp3) is 0.533. The summed E-state index contributed by atoms with van der Waals surface area (Å²) in [6.07, 6.45) is 2.20. The van der Waals surface area contributed by atoms with Crippen molar-refractivity contribution in [2.45, 2.75) is 26.7 Å². The van der Waals surface area contributed by atoms with Gasteiger partial charge in [0.05, 0.1) is 6.61 Å². The molecular weight excluding hydrogens is 240 g/mol. The van der Waals surface area contributed by atoms with Crippen molar-refractivity contribution in [1.29, 1.82) is 0 Å². The molecule has 1 aliphatic heterocycles.